The highest BCUT2D eigenvalue weighted by atomic mass is 16.5. The minimum Gasteiger partial charge on any atom is -0.497 e. The van der Waals surface area contributed by atoms with Crippen LogP contribution in [0.15, 0.2) is 89.0 Å². The molecule has 0 bridgehead atoms. The number of ether oxygens (including phenoxy) is 1. The summed E-state index contributed by atoms with van der Waals surface area (Å²) in [6.07, 6.45) is 0. The van der Waals surface area contributed by atoms with Gasteiger partial charge in [-0.1, -0.05) is 48.5 Å². The van der Waals surface area contributed by atoms with Gasteiger partial charge in [-0.2, -0.15) is 5.10 Å². The molecule has 0 amide bonds. The van der Waals surface area contributed by atoms with E-state index in [1.807, 2.05) is 66.7 Å². The van der Waals surface area contributed by atoms with Gasteiger partial charge in [-0.3, -0.25) is 5.43 Å². The van der Waals surface area contributed by atoms with Gasteiger partial charge >= 0.3 is 0 Å². The first kappa shape index (κ1) is 15.1. The Morgan fingerprint density at radius 2 is 1.48 bits per heavy atom. The van der Waals surface area contributed by atoms with Crippen molar-refractivity contribution in [2.24, 2.45) is 10.1 Å². The average molecular weight is 327 g/mol. The fraction of sp³-hybridized carbons (Fsp3) is 0.0476. The van der Waals surface area contributed by atoms with Gasteiger partial charge in [0.1, 0.15) is 5.75 Å². The van der Waals surface area contributed by atoms with Gasteiger partial charge < -0.3 is 4.74 Å². The quantitative estimate of drug-likeness (QED) is 0.786. The predicted molar refractivity (Wildman–Crippen MR) is 101 cm³/mol. The van der Waals surface area contributed by atoms with Crippen molar-refractivity contribution in [2.45, 2.75) is 0 Å². The molecule has 4 rings (SSSR count). The molecule has 1 aliphatic rings. The van der Waals surface area contributed by atoms with Gasteiger partial charge in [0.15, 0.2) is 5.84 Å². The van der Waals surface area contributed by atoms with Gasteiger partial charge in [-0.15, -0.1) is 0 Å². The van der Waals surface area contributed by atoms with Crippen molar-refractivity contribution in [1.82, 2.24) is 5.43 Å². The fourth-order valence-corrected chi connectivity index (χ4v) is 2.78. The van der Waals surface area contributed by atoms with Crippen LogP contribution < -0.4 is 10.2 Å². The molecule has 0 saturated heterocycles. The smallest absolute Gasteiger partial charge is 0.154 e. The maximum Gasteiger partial charge on any atom is 0.154 e. The Labute approximate surface area is 146 Å². The Hall–Kier alpha value is -3.40. The Bertz CT molecular complexity index is 944. The average Bonchev–Trinajstić information content (AvgIpc) is 2.88. The molecule has 1 aliphatic heterocycles. The lowest BCUT2D eigenvalue weighted by molar-refractivity contribution is 0.415. The SMILES string of the molecule is COc1ccc(C2=Nc3ccccc3C(c3ccccc3)=NN2)cc1. The summed E-state index contributed by atoms with van der Waals surface area (Å²) < 4.78 is 5.22. The number of benzene rings is 3. The van der Waals surface area contributed by atoms with Crippen LogP contribution in [0.25, 0.3) is 0 Å². The van der Waals surface area contributed by atoms with Crippen LogP contribution in [-0.2, 0) is 0 Å². The number of amidine groups is 1. The molecule has 0 unspecified atom stereocenters. The number of nitrogens with one attached hydrogen (secondary N) is 1. The highest BCUT2D eigenvalue weighted by Gasteiger charge is 2.16. The number of rotatable bonds is 3. The molecule has 0 spiro atoms. The summed E-state index contributed by atoms with van der Waals surface area (Å²) in [7, 11) is 1.66. The summed E-state index contributed by atoms with van der Waals surface area (Å²) in [5, 5.41) is 4.64. The van der Waals surface area contributed by atoms with Crippen LogP contribution in [0, 0.1) is 0 Å². The van der Waals surface area contributed by atoms with Gasteiger partial charge in [-0.05, 0) is 30.3 Å². The van der Waals surface area contributed by atoms with E-state index in [0.717, 1.165) is 33.8 Å². The highest BCUT2D eigenvalue weighted by molar-refractivity contribution is 6.17. The van der Waals surface area contributed by atoms with Crippen molar-refractivity contribution >= 4 is 17.2 Å². The molecule has 3 aromatic rings. The topological polar surface area (TPSA) is 46.0 Å². The maximum absolute atomic E-state index is 5.22. The van der Waals surface area contributed by atoms with Crippen molar-refractivity contribution in [3.8, 4) is 5.75 Å². The van der Waals surface area contributed by atoms with E-state index >= 15 is 0 Å². The molecule has 4 nitrogen and oxygen atoms in total. The van der Waals surface area contributed by atoms with E-state index in [1.165, 1.54) is 0 Å². The van der Waals surface area contributed by atoms with Crippen LogP contribution in [0.5, 0.6) is 5.75 Å². The second-order valence-corrected chi connectivity index (χ2v) is 5.64. The Balaban J connectivity index is 1.80. The molecule has 3 aromatic carbocycles. The number of aliphatic imine (C=N–C) groups is 1. The lowest BCUT2D eigenvalue weighted by Crippen LogP contribution is -2.19. The van der Waals surface area contributed by atoms with Crippen molar-refractivity contribution in [3.63, 3.8) is 0 Å². The number of nitrogens with zero attached hydrogens (tertiary/aromatic N) is 2. The zero-order valence-electron chi connectivity index (χ0n) is 13.8. The largest absolute Gasteiger partial charge is 0.497 e. The molecule has 25 heavy (non-hydrogen) atoms. The van der Waals surface area contributed by atoms with Crippen molar-refractivity contribution in [2.75, 3.05) is 7.11 Å². The standard InChI is InChI=1S/C21H17N3O/c1-25-17-13-11-16(12-14-17)21-22-19-10-6-5-9-18(19)20(23-24-21)15-7-3-2-4-8-15/h2-14H,1H3,(H,22,24). The molecule has 0 aromatic heterocycles. The van der Waals surface area contributed by atoms with E-state index in [0.29, 0.717) is 5.84 Å². The second-order valence-electron chi connectivity index (χ2n) is 5.64. The summed E-state index contributed by atoms with van der Waals surface area (Å²) >= 11 is 0. The first-order valence-corrected chi connectivity index (χ1v) is 8.07. The molecule has 122 valence electrons. The van der Waals surface area contributed by atoms with Gasteiger partial charge in [0.2, 0.25) is 0 Å². The Morgan fingerprint density at radius 3 is 2.24 bits per heavy atom. The molecule has 4 heteroatoms. The van der Waals surface area contributed by atoms with Crippen LogP contribution >= 0.6 is 0 Å². The van der Waals surface area contributed by atoms with E-state index in [2.05, 4.69) is 22.7 Å². The number of methoxy groups -OCH3 is 1. The first-order chi connectivity index (χ1) is 12.3. The maximum atomic E-state index is 5.22. The Morgan fingerprint density at radius 1 is 0.760 bits per heavy atom. The first-order valence-electron chi connectivity index (χ1n) is 8.07. The molecule has 1 heterocycles. The summed E-state index contributed by atoms with van der Waals surface area (Å²) in [6, 6.07) is 25.9. The zero-order valence-corrected chi connectivity index (χ0v) is 13.8. The van der Waals surface area contributed by atoms with E-state index in [-0.39, 0.29) is 0 Å². The van der Waals surface area contributed by atoms with Crippen LogP contribution in [0.3, 0.4) is 0 Å². The second kappa shape index (κ2) is 6.61. The number of hydrogen-bond acceptors (Lipinski definition) is 4. The summed E-state index contributed by atoms with van der Waals surface area (Å²) in [5.41, 5.74) is 7.90. The minimum absolute atomic E-state index is 0.709. The van der Waals surface area contributed by atoms with Gasteiger partial charge in [0.05, 0.1) is 18.5 Å². The molecular weight excluding hydrogens is 310 g/mol. The van der Waals surface area contributed by atoms with Crippen LogP contribution in [0.1, 0.15) is 16.7 Å². The van der Waals surface area contributed by atoms with E-state index in [1.54, 1.807) is 7.11 Å². The third-order valence-corrected chi connectivity index (χ3v) is 4.08. The predicted octanol–water partition coefficient (Wildman–Crippen LogP) is 4.13. The monoisotopic (exact) mass is 327 g/mol. The zero-order chi connectivity index (χ0) is 17.1. The van der Waals surface area contributed by atoms with Crippen LogP contribution in [0.2, 0.25) is 0 Å². The highest BCUT2D eigenvalue weighted by Crippen LogP contribution is 2.25. The molecule has 0 atom stereocenters. The molecule has 1 N–H and O–H groups in total. The number of hydrazone groups is 1. The lowest BCUT2D eigenvalue weighted by atomic mass is 10.0. The summed E-state index contributed by atoms with van der Waals surface area (Å²) in [6.45, 7) is 0. The number of fused-ring (bicyclic) bond motifs is 1. The molecular formula is C21H17N3O. The van der Waals surface area contributed by atoms with Gasteiger partial charge in [0, 0.05) is 16.7 Å². The molecule has 0 aliphatic carbocycles. The fourth-order valence-electron chi connectivity index (χ4n) is 2.78. The van der Waals surface area contributed by atoms with Crippen LogP contribution in [-0.4, -0.2) is 18.7 Å². The number of para-hydroxylation sites is 1. The summed E-state index contributed by atoms with van der Waals surface area (Å²) in [4.78, 5) is 4.79. The van der Waals surface area contributed by atoms with E-state index in [9.17, 15) is 0 Å². The van der Waals surface area contributed by atoms with E-state index in [4.69, 9.17) is 9.73 Å². The minimum atomic E-state index is 0.709. The van der Waals surface area contributed by atoms with Gasteiger partial charge in [-0.25, -0.2) is 4.99 Å². The molecule has 0 fully saturated rings. The Kier molecular flexibility index (Phi) is 4.01. The normalized spacial score (nSPS) is 13.0. The van der Waals surface area contributed by atoms with Gasteiger partial charge in [0.25, 0.3) is 0 Å². The van der Waals surface area contributed by atoms with Crippen molar-refractivity contribution in [3.05, 3.63) is 95.6 Å². The molecule has 0 saturated carbocycles. The molecule has 0 radical (unpaired) electrons. The lowest BCUT2D eigenvalue weighted by Gasteiger charge is -2.07. The number of hydrogen-bond donors (Lipinski definition) is 1. The van der Waals surface area contributed by atoms with Crippen LogP contribution in [0.4, 0.5) is 5.69 Å². The third kappa shape index (κ3) is 3.02. The van der Waals surface area contributed by atoms with Crippen molar-refractivity contribution < 1.29 is 4.74 Å². The third-order valence-electron chi connectivity index (χ3n) is 4.08. The summed E-state index contributed by atoms with van der Waals surface area (Å²) in [5.74, 6) is 1.52. The van der Waals surface area contributed by atoms with Crippen molar-refractivity contribution in [1.29, 1.82) is 0 Å². The van der Waals surface area contributed by atoms with E-state index < -0.39 is 0 Å².